The summed E-state index contributed by atoms with van der Waals surface area (Å²) in [7, 11) is 0. The van der Waals surface area contributed by atoms with E-state index >= 15 is 0 Å². The van der Waals surface area contributed by atoms with Gasteiger partial charge in [-0.2, -0.15) is 0 Å². The number of hydrogen-bond donors (Lipinski definition) is 1. The number of halogens is 1. The summed E-state index contributed by atoms with van der Waals surface area (Å²) in [6.45, 7) is 4.38. The molecule has 1 amide bonds. The van der Waals surface area contributed by atoms with E-state index in [1.807, 2.05) is 6.92 Å². The maximum absolute atomic E-state index is 12.7. The quantitative estimate of drug-likeness (QED) is 0.505. The third-order valence-corrected chi connectivity index (χ3v) is 4.68. The molecule has 0 spiro atoms. The van der Waals surface area contributed by atoms with Crippen LogP contribution in [0.2, 0.25) is 5.15 Å². The maximum atomic E-state index is 12.7. The van der Waals surface area contributed by atoms with Crippen LogP contribution in [0.4, 0.5) is 5.69 Å². The Hall–Kier alpha value is -1.73. The number of aromatic nitrogens is 1. The Morgan fingerprint density at radius 2 is 2.33 bits per heavy atom. The van der Waals surface area contributed by atoms with Crippen molar-refractivity contribution in [2.24, 2.45) is 11.8 Å². The van der Waals surface area contributed by atoms with Crippen LogP contribution in [-0.2, 0) is 0 Å². The molecule has 3 heterocycles. The molecular formula is C13H15ClN4O3. The van der Waals surface area contributed by atoms with Gasteiger partial charge in [-0.25, -0.2) is 4.98 Å². The van der Waals surface area contributed by atoms with Gasteiger partial charge in [-0.3, -0.25) is 14.9 Å². The standard InChI is InChI=1S/C13H15ClN4O3/c1-7-10-4-15-3-8(10)6-17(7)13(19)9-2-12(14)16-5-11(9)18(20)21/h2,5,7-8,10,15H,3-4,6H2,1H3. The summed E-state index contributed by atoms with van der Waals surface area (Å²) in [4.78, 5) is 28.6. The molecule has 2 aliphatic rings. The fraction of sp³-hybridized carbons (Fsp3) is 0.538. The molecule has 2 saturated heterocycles. The van der Waals surface area contributed by atoms with Gasteiger partial charge in [0.25, 0.3) is 11.6 Å². The summed E-state index contributed by atoms with van der Waals surface area (Å²) in [6.07, 6.45) is 1.04. The fourth-order valence-electron chi connectivity index (χ4n) is 3.33. The van der Waals surface area contributed by atoms with Crippen LogP contribution in [0.15, 0.2) is 12.3 Å². The molecule has 21 heavy (non-hydrogen) atoms. The molecule has 7 nitrogen and oxygen atoms in total. The first kappa shape index (κ1) is 14.2. The second-order valence-electron chi connectivity index (χ2n) is 5.56. The van der Waals surface area contributed by atoms with E-state index in [0.717, 1.165) is 19.3 Å². The number of amides is 1. The SMILES string of the molecule is CC1C2CNCC2CN1C(=O)c1cc(Cl)ncc1[N+](=O)[O-]. The van der Waals surface area contributed by atoms with Gasteiger partial charge in [-0.05, 0) is 24.8 Å². The third-order valence-electron chi connectivity index (χ3n) is 4.47. The largest absolute Gasteiger partial charge is 0.335 e. The minimum absolute atomic E-state index is 0.0137. The summed E-state index contributed by atoms with van der Waals surface area (Å²) >= 11 is 5.79. The van der Waals surface area contributed by atoms with Crippen molar-refractivity contribution in [3.63, 3.8) is 0 Å². The Morgan fingerprint density at radius 3 is 3.00 bits per heavy atom. The molecule has 0 aliphatic carbocycles. The number of rotatable bonds is 2. The van der Waals surface area contributed by atoms with Gasteiger partial charge in [-0.15, -0.1) is 0 Å². The average Bonchev–Trinajstić information content (AvgIpc) is 3.01. The van der Waals surface area contributed by atoms with Crippen LogP contribution in [-0.4, -0.2) is 46.4 Å². The Labute approximate surface area is 126 Å². The molecule has 3 unspecified atom stereocenters. The highest BCUT2D eigenvalue weighted by atomic mass is 35.5. The first-order valence-corrected chi connectivity index (χ1v) is 7.18. The first-order valence-electron chi connectivity index (χ1n) is 6.80. The Bertz CT molecular complexity index is 609. The van der Waals surface area contributed by atoms with Crippen molar-refractivity contribution < 1.29 is 9.72 Å². The van der Waals surface area contributed by atoms with Crippen LogP contribution in [0.25, 0.3) is 0 Å². The van der Waals surface area contributed by atoms with E-state index in [2.05, 4.69) is 10.3 Å². The van der Waals surface area contributed by atoms with E-state index in [4.69, 9.17) is 11.6 Å². The van der Waals surface area contributed by atoms with Gasteiger partial charge in [0.15, 0.2) is 0 Å². The van der Waals surface area contributed by atoms with Crippen LogP contribution in [0.1, 0.15) is 17.3 Å². The van der Waals surface area contributed by atoms with Gasteiger partial charge in [0.05, 0.1) is 4.92 Å². The molecule has 0 saturated carbocycles. The van der Waals surface area contributed by atoms with Gasteiger partial charge in [0.1, 0.15) is 16.9 Å². The Morgan fingerprint density at radius 1 is 1.57 bits per heavy atom. The normalized spacial score (nSPS) is 27.7. The second kappa shape index (κ2) is 5.23. The number of fused-ring (bicyclic) bond motifs is 1. The van der Waals surface area contributed by atoms with Crippen LogP contribution in [0.3, 0.4) is 0 Å². The molecule has 0 bridgehead atoms. The molecule has 112 valence electrons. The molecule has 1 aromatic heterocycles. The van der Waals surface area contributed by atoms with Crippen molar-refractivity contribution in [3.8, 4) is 0 Å². The van der Waals surface area contributed by atoms with Crippen molar-refractivity contribution in [2.75, 3.05) is 19.6 Å². The molecule has 1 N–H and O–H groups in total. The molecule has 1 aromatic rings. The van der Waals surface area contributed by atoms with E-state index in [0.29, 0.717) is 18.4 Å². The number of hydrogen-bond acceptors (Lipinski definition) is 5. The highest BCUT2D eigenvalue weighted by Crippen LogP contribution is 2.34. The molecule has 2 aliphatic heterocycles. The molecule has 0 radical (unpaired) electrons. The van der Waals surface area contributed by atoms with Gasteiger partial charge in [-0.1, -0.05) is 11.6 Å². The first-order chi connectivity index (χ1) is 9.99. The minimum Gasteiger partial charge on any atom is -0.335 e. The Kier molecular flexibility index (Phi) is 3.54. The molecular weight excluding hydrogens is 296 g/mol. The number of carbonyl (C=O) groups is 1. The van der Waals surface area contributed by atoms with Gasteiger partial charge in [0.2, 0.25) is 0 Å². The second-order valence-corrected chi connectivity index (χ2v) is 5.95. The molecule has 8 heteroatoms. The number of nitro groups is 1. The summed E-state index contributed by atoms with van der Waals surface area (Å²) < 4.78 is 0. The maximum Gasteiger partial charge on any atom is 0.300 e. The van der Waals surface area contributed by atoms with Crippen molar-refractivity contribution in [3.05, 3.63) is 33.1 Å². The van der Waals surface area contributed by atoms with Gasteiger partial charge >= 0.3 is 0 Å². The van der Waals surface area contributed by atoms with E-state index in [-0.39, 0.29) is 28.4 Å². The number of nitrogens with zero attached hydrogens (tertiary/aromatic N) is 3. The summed E-state index contributed by atoms with van der Waals surface area (Å²) in [5.41, 5.74) is -0.286. The zero-order chi connectivity index (χ0) is 15.1. The van der Waals surface area contributed by atoms with Crippen LogP contribution >= 0.6 is 11.6 Å². The Balaban J connectivity index is 1.92. The summed E-state index contributed by atoms with van der Waals surface area (Å²) in [5.74, 6) is 0.485. The lowest BCUT2D eigenvalue weighted by molar-refractivity contribution is -0.385. The van der Waals surface area contributed by atoms with Gasteiger partial charge in [0, 0.05) is 25.7 Å². The zero-order valence-electron chi connectivity index (χ0n) is 11.5. The van der Waals surface area contributed by atoms with E-state index < -0.39 is 4.92 Å². The smallest absolute Gasteiger partial charge is 0.300 e. The lowest BCUT2D eigenvalue weighted by Crippen LogP contribution is -2.38. The van der Waals surface area contributed by atoms with Crippen LogP contribution in [0, 0.1) is 22.0 Å². The predicted molar refractivity (Wildman–Crippen MR) is 76.2 cm³/mol. The highest BCUT2D eigenvalue weighted by molar-refractivity contribution is 6.29. The summed E-state index contributed by atoms with van der Waals surface area (Å²) in [6, 6.07) is 1.34. The highest BCUT2D eigenvalue weighted by Gasteiger charge is 2.44. The average molecular weight is 311 g/mol. The molecule has 2 fully saturated rings. The van der Waals surface area contributed by atoms with Crippen molar-refractivity contribution >= 4 is 23.2 Å². The van der Waals surface area contributed by atoms with Crippen molar-refractivity contribution in [2.45, 2.75) is 13.0 Å². The number of carbonyl (C=O) groups excluding carboxylic acids is 1. The number of likely N-dealkylation sites (tertiary alicyclic amines) is 1. The third kappa shape index (κ3) is 2.36. The number of pyridine rings is 1. The van der Waals surface area contributed by atoms with E-state index in [1.165, 1.54) is 6.07 Å². The van der Waals surface area contributed by atoms with E-state index in [1.54, 1.807) is 4.90 Å². The van der Waals surface area contributed by atoms with Crippen molar-refractivity contribution in [1.82, 2.24) is 15.2 Å². The monoisotopic (exact) mass is 310 g/mol. The lowest BCUT2D eigenvalue weighted by atomic mass is 9.95. The van der Waals surface area contributed by atoms with Gasteiger partial charge < -0.3 is 10.2 Å². The topological polar surface area (TPSA) is 88.4 Å². The minimum atomic E-state index is -0.598. The zero-order valence-corrected chi connectivity index (χ0v) is 12.2. The molecule has 3 rings (SSSR count). The van der Waals surface area contributed by atoms with Crippen LogP contribution in [0.5, 0.6) is 0 Å². The molecule has 0 aromatic carbocycles. The number of nitrogens with one attached hydrogen (secondary N) is 1. The van der Waals surface area contributed by atoms with Crippen molar-refractivity contribution in [1.29, 1.82) is 0 Å². The molecule has 3 atom stereocenters. The van der Waals surface area contributed by atoms with E-state index in [9.17, 15) is 14.9 Å². The summed E-state index contributed by atoms with van der Waals surface area (Å²) in [5, 5.41) is 14.5. The lowest BCUT2D eigenvalue weighted by Gasteiger charge is -2.24. The fourth-order valence-corrected chi connectivity index (χ4v) is 3.49. The van der Waals surface area contributed by atoms with Crippen LogP contribution < -0.4 is 5.32 Å². The predicted octanol–water partition coefficient (Wildman–Crippen LogP) is 1.32.